The molecule has 1 amide bonds. The van der Waals surface area contributed by atoms with E-state index in [4.69, 9.17) is 0 Å². The Hall–Kier alpha value is -1.62. The van der Waals surface area contributed by atoms with Gasteiger partial charge in [-0.1, -0.05) is 30.3 Å². The van der Waals surface area contributed by atoms with Crippen molar-refractivity contribution in [1.29, 1.82) is 0 Å². The Labute approximate surface area is 113 Å². The van der Waals surface area contributed by atoms with Crippen LogP contribution < -0.4 is 0 Å². The van der Waals surface area contributed by atoms with Gasteiger partial charge in [0.15, 0.2) is 9.84 Å². The van der Waals surface area contributed by atoms with E-state index < -0.39 is 15.1 Å². The van der Waals surface area contributed by atoms with Gasteiger partial charge in [-0.05, 0) is 18.1 Å². The molecular formula is C14H17NO3S. The van der Waals surface area contributed by atoms with Gasteiger partial charge in [-0.15, -0.1) is 0 Å². The smallest absolute Gasteiger partial charge is 0.246 e. The summed E-state index contributed by atoms with van der Waals surface area (Å²) in [6.07, 6.45) is 5.01. The molecule has 0 aliphatic carbocycles. The predicted molar refractivity (Wildman–Crippen MR) is 75.3 cm³/mol. The number of amides is 1. The molecule has 1 saturated heterocycles. The lowest BCUT2D eigenvalue weighted by Crippen LogP contribution is -2.30. The third-order valence-corrected chi connectivity index (χ3v) is 4.88. The van der Waals surface area contributed by atoms with Crippen LogP contribution >= 0.6 is 0 Å². The molecule has 1 aliphatic rings. The molecule has 0 N–H and O–H groups in total. The number of likely N-dealkylation sites (tertiary alicyclic amines) is 1. The third-order valence-electron chi connectivity index (χ3n) is 3.28. The lowest BCUT2D eigenvalue weighted by Gasteiger charge is -2.13. The van der Waals surface area contributed by atoms with E-state index in [1.54, 1.807) is 11.0 Å². The van der Waals surface area contributed by atoms with Gasteiger partial charge < -0.3 is 4.90 Å². The highest BCUT2D eigenvalue weighted by Gasteiger charge is 2.31. The van der Waals surface area contributed by atoms with Crippen LogP contribution in [0.15, 0.2) is 36.4 Å². The minimum absolute atomic E-state index is 0.130. The second-order valence-electron chi connectivity index (χ2n) is 4.77. The van der Waals surface area contributed by atoms with Gasteiger partial charge in [0.05, 0.1) is 5.25 Å². The fourth-order valence-corrected chi connectivity index (χ4v) is 3.10. The second kappa shape index (κ2) is 5.57. The number of sulfone groups is 1. The highest BCUT2D eigenvalue weighted by Crippen LogP contribution is 2.16. The maximum absolute atomic E-state index is 11.9. The minimum Gasteiger partial charge on any atom is -0.338 e. The molecule has 102 valence electrons. The van der Waals surface area contributed by atoms with Crippen LogP contribution in [0.5, 0.6) is 0 Å². The Morgan fingerprint density at radius 2 is 2.00 bits per heavy atom. The number of rotatable bonds is 3. The Morgan fingerprint density at radius 1 is 1.32 bits per heavy atom. The fourth-order valence-electron chi connectivity index (χ4n) is 2.11. The molecule has 1 aromatic carbocycles. The van der Waals surface area contributed by atoms with E-state index >= 15 is 0 Å². The minimum atomic E-state index is -3.05. The average molecular weight is 279 g/mol. The lowest BCUT2D eigenvalue weighted by atomic mass is 10.2. The first-order chi connectivity index (χ1) is 8.97. The highest BCUT2D eigenvalue weighted by atomic mass is 32.2. The van der Waals surface area contributed by atoms with E-state index in [-0.39, 0.29) is 5.91 Å². The number of hydrogen-bond donors (Lipinski definition) is 0. The monoisotopic (exact) mass is 279 g/mol. The maximum atomic E-state index is 11.9. The van der Waals surface area contributed by atoms with E-state index in [2.05, 4.69) is 0 Å². The van der Waals surface area contributed by atoms with Crippen molar-refractivity contribution in [3.8, 4) is 0 Å². The SMILES string of the molecule is CS(=O)(=O)C1CCN(C(=O)C=Cc2ccccc2)C1. The van der Waals surface area contributed by atoms with Crippen LogP contribution in [-0.2, 0) is 14.6 Å². The standard InChI is InChI=1S/C14H17NO3S/c1-19(17,18)13-9-10-15(11-13)14(16)8-7-12-5-3-2-4-6-12/h2-8,13H,9-11H2,1H3. The first-order valence-electron chi connectivity index (χ1n) is 6.18. The second-order valence-corrected chi connectivity index (χ2v) is 7.09. The summed E-state index contributed by atoms with van der Waals surface area (Å²) in [4.78, 5) is 13.5. The van der Waals surface area contributed by atoms with E-state index in [0.29, 0.717) is 19.5 Å². The molecule has 0 bridgehead atoms. The average Bonchev–Trinajstić information content (AvgIpc) is 2.87. The molecule has 0 aromatic heterocycles. The Kier molecular flexibility index (Phi) is 4.04. The summed E-state index contributed by atoms with van der Waals surface area (Å²) in [6.45, 7) is 0.812. The molecular weight excluding hydrogens is 262 g/mol. The van der Waals surface area contributed by atoms with Crippen molar-refractivity contribution in [1.82, 2.24) is 4.90 Å². The van der Waals surface area contributed by atoms with Crippen molar-refractivity contribution in [2.75, 3.05) is 19.3 Å². The molecule has 1 unspecified atom stereocenters. The van der Waals surface area contributed by atoms with Crippen molar-refractivity contribution >= 4 is 21.8 Å². The zero-order valence-electron chi connectivity index (χ0n) is 10.8. The molecule has 1 fully saturated rings. The fraction of sp³-hybridized carbons (Fsp3) is 0.357. The summed E-state index contributed by atoms with van der Waals surface area (Å²) in [5, 5.41) is -0.415. The van der Waals surface area contributed by atoms with E-state index in [1.807, 2.05) is 30.3 Å². The van der Waals surface area contributed by atoms with E-state index in [9.17, 15) is 13.2 Å². The normalized spacial score (nSPS) is 20.1. The predicted octanol–water partition coefficient (Wildman–Crippen LogP) is 1.35. The number of nitrogens with zero attached hydrogens (tertiary/aromatic N) is 1. The van der Waals surface area contributed by atoms with Crippen molar-refractivity contribution in [2.45, 2.75) is 11.7 Å². The zero-order valence-corrected chi connectivity index (χ0v) is 11.6. The van der Waals surface area contributed by atoms with Crippen LogP contribution in [0.2, 0.25) is 0 Å². The van der Waals surface area contributed by atoms with Gasteiger partial charge in [0, 0.05) is 25.4 Å². The molecule has 1 aliphatic heterocycles. The van der Waals surface area contributed by atoms with Gasteiger partial charge in [0.1, 0.15) is 0 Å². The van der Waals surface area contributed by atoms with Gasteiger partial charge in [-0.3, -0.25) is 4.79 Å². The van der Waals surface area contributed by atoms with E-state index in [1.165, 1.54) is 12.3 Å². The van der Waals surface area contributed by atoms with Crippen LogP contribution in [0.4, 0.5) is 0 Å². The van der Waals surface area contributed by atoms with Crippen molar-refractivity contribution in [3.63, 3.8) is 0 Å². The molecule has 0 radical (unpaired) electrons. The quantitative estimate of drug-likeness (QED) is 0.785. The number of carbonyl (C=O) groups is 1. The van der Waals surface area contributed by atoms with Crippen molar-refractivity contribution in [2.24, 2.45) is 0 Å². The molecule has 19 heavy (non-hydrogen) atoms. The first-order valence-corrected chi connectivity index (χ1v) is 8.13. The van der Waals surface area contributed by atoms with Gasteiger partial charge in [0.2, 0.25) is 5.91 Å². The third kappa shape index (κ3) is 3.67. The van der Waals surface area contributed by atoms with Crippen LogP contribution in [0.3, 0.4) is 0 Å². The Balaban J connectivity index is 1.97. The molecule has 0 spiro atoms. The number of benzene rings is 1. The molecule has 5 heteroatoms. The lowest BCUT2D eigenvalue weighted by molar-refractivity contribution is -0.124. The molecule has 0 saturated carbocycles. The van der Waals surface area contributed by atoms with Gasteiger partial charge in [0.25, 0.3) is 0 Å². The molecule has 2 rings (SSSR count). The Bertz CT molecular complexity index is 578. The summed E-state index contributed by atoms with van der Waals surface area (Å²) in [7, 11) is -3.05. The number of carbonyl (C=O) groups excluding carboxylic acids is 1. The number of hydrogen-bond acceptors (Lipinski definition) is 3. The van der Waals surface area contributed by atoms with Crippen molar-refractivity contribution < 1.29 is 13.2 Å². The van der Waals surface area contributed by atoms with Crippen LogP contribution in [-0.4, -0.2) is 43.8 Å². The summed E-state index contributed by atoms with van der Waals surface area (Å²) in [5.41, 5.74) is 0.953. The Morgan fingerprint density at radius 3 is 2.58 bits per heavy atom. The van der Waals surface area contributed by atoms with Crippen LogP contribution in [0.1, 0.15) is 12.0 Å². The summed E-state index contributed by atoms with van der Waals surface area (Å²) in [5.74, 6) is -0.130. The molecule has 1 heterocycles. The topological polar surface area (TPSA) is 54.5 Å². The summed E-state index contributed by atoms with van der Waals surface area (Å²) in [6, 6.07) is 9.54. The molecule has 4 nitrogen and oxygen atoms in total. The van der Waals surface area contributed by atoms with Gasteiger partial charge in [-0.2, -0.15) is 0 Å². The molecule has 1 aromatic rings. The van der Waals surface area contributed by atoms with Crippen molar-refractivity contribution in [3.05, 3.63) is 42.0 Å². The van der Waals surface area contributed by atoms with Crippen LogP contribution in [0, 0.1) is 0 Å². The van der Waals surface area contributed by atoms with Gasteiger partial charge in [-0.25, -0.2) is 8.42 Å². The highest BCUT2D eigenvalue weighted by molar-refractivity contribution is 7.91. The largest absolute Gasteiger partial charge is 0.338 e. The van der Waals surface area contributed by atoms with Gasteiger partial charge >= 0.3 is 0 Å². The maximum Gasteiger partial charge on any atom is 0.246 e. The molecule has 1 atom stereocenters. The van der Waals surface area contributed by atoms with Crippen LogP contribution in [0.25, 0.3) is 6.08 Å². The van der Waals surface area contributed by atoms with E-state index in [0.717, 1.165) is 5.56 Å². The summed E-state index contributed by atoms with van der Waals surface area (Å²) < 4.78 is 22.9. The first kappa shape index (κ1) is 13.8. The summed E-state index contributed by atoms with van der Waals surface area (Å²) >= 11 is 0. The zero-order chi connectivity index (χ0) is 13.9.